The van der Waals surface area contributed by atoms with Crippen LogP contribution in [0.2, 0.25) is 0 Å². The number of aromatic nitrogens is 4. The smallest absolute Gasteiger partial charge is 0.202 e. The Morgan fingerprint density at radius 1 is 1.33 bits per heavy atom. The molecule has 3 aromatic rings. The Bertz CT molecular complexity index is 712. The zero-order valence-corrected chi connectivity index (χ0v) is 11.0. The van der Waals surface area contributed by atoms with Crippen LogP contribution >= 0.6 is 11.3 Å². The number of pyridine rings is 1. The van der Waals surface area contributed by atoms with Crippen molar-refractivity contribution in [3.8, 4) is 0 Å². The van der Waals surface area contributed by atoms with Crippen molar-refractivity contribution in [2.45, 2.75) is 20.4 Å². The van der Waals surface area contributed by atoms with Gasteiger partial charge in [-0.25, -0.2) is 15.0 Å². The lowest BCUT2D eigenvalue weighted by Gasteiger charge is -2.02. The van der Waals surface area contributed by atoms with Crippen molar-refractivity contribution in [3.05, 3.63) is 33.9 Å². The van der Waals surface area contributed by atoms with E-state index in [1.165, 1.54) is 4.88 Å². The van der Waals surface area contributed by atoms with Crippen molar-refractivity contribution in [1.82, 2.24) is 19.5 Å². The molecular weight excluding hydrogens is 246 g/mol. The Balaban J connectivity index is 2.11. The normalized spacial score (nSPS) is 11.2. The number of anilines is 1. The number of fused-ring (bicyclic) bond motifs is 1. The van der Waals surface area contributed by atoms with Crippen molar-refractivity contribution in [2.75, 3.05) is 5.73 Å². The average Bonchev–Trinajstić information content (AvgIpc) is 2.87. The van der Waals surface area contributed by atoms with E-state index < -0.39 is 0 Å². The molecule has 0 amide bonds. The molecule has 0 bridgehead atoms. The predicted octanol–water partition coefficient (Wildman–Crippen LogP) is 2.14. The minimum atomic E-state index is 0.486. The van der Waals surface area contributed by atoms with E-state index in [0.717, 1.165) is 21.7 Å². The Morgan fingerprint density at radius 2 is 2.17 bits per heavy atom. The molecule has 0 saturated carbocycles. The van der Waals surface area contributed by atoms with E-state index in [4.69, 9.17) is 5.73 Å². The van der Waals surface area contributed by atoms with Crippen LogP contribution in [0.25, 0.3) is 11.2 Å². The molecule has 5 nitrogen and oxygen atoms in total. The van der Waals surface area contributed by atoms with Gasteiger partial charge in [-0.3, -0.25) is 4.57 Å². The second kappa shape index (κ2) is 4.06. The number of hydrogen-bond acceptors (Lipinski definition) is 5. The highest BCUT2D eigenvalue weighted by atomic mass is 32.1. The maximum Gasteiger partial charge on any atom is 0.202 e. The van der Waals surface area contributed by atoms with Gasteiger partial charge in [0.05, 0.1) is 6.54 Å². The fourth-order valence-corrected chi connectivity index (χ4v) is 2.70. The Kier molecular flexibility index (Phi) is 2.52. The lowest BCUT2D eigenvalue weighted by molar-refractivity contribution is 0.819. The van der Waals surface area contributed by atoms with Crippen molar-refractivity contribution in [1.29, 1.82) is 0 Å². The van der Waals surface area contributed by atoms with Crippen molar-refractivity contribution < 1.29 is 0 Å². The first kappa shape index (κ1) is 11.2. The topological polar surface area (TPSA) is 69.6 Å². The van der Waals surface area contributed by atoms with Crippen LogP contribution in [0.1, 0.15) is 15.4 Å². The molecule has 0 saturated heterocycles. The molecule has 0 spiro atoms. The summed E-state index contributed by atoms with van der Waals surface area (Å²) in [6.07, 6.45) is 3.65. The second-order valence-corrected chi connectivity index (χ2v) is 5.54. The average molecular weight is 259 g/mol. The Hall–Kier alpha value is -1.95. The van der Waals surface area contributed by atoms with Gasteiger partial charge < -0.3 is 5.73 Å². The highest BCUT2D eigenvalue weighted by molar-refractivity contribution is 7.11. The minimum Gasteiger partial charge on any atom is -0.369 e. The van der Waals surface area contributed by atoms with Crippen LogP contribution in [-0.2, 0) is 6.54 Å². The van der Waals surface area contributed by atoms with E-state index >= 15 is 0 Å². The highest BCUT2D eigenvalue weighted by Gasteiger charge is 2.12. The molecule has 0 aliphatic carbocycles. The molecule has 0 unspecified atom stereocenters. The lowest BCUT2D eigenvalue weighted by atomic mass is 10.3. The number of nitrogens with zero attached hydrogens (tertiary/aromatic N) is 4. The van der Waals surface area contributed by atoms with E-state index in [-0.39, 0.29) is 0 Å². The van der Waals surface area contributed by atoms with Gasteiger partial charge in [-0.15, -0.1) is 11.3 Å². The standard InChI is InChI=1S/C12H13N5S/c1-7-3-4-14-11-10(7)16-12(13)17(11)6-9-15-5-8(2)18-9/h3-5H,6H2,1-2H3,(H2,13,16). The molecule has 0 aromatic carbocycles. The molecule has 92 valence electrons. The molecule has 18 heavy (non-hydrogen) atoms. The minimum absolute atomic E-state index is 0.486. The van der Waals surface area contributed by atoms with Crippen molar-refractivity contribution in [3.63, 3.8) is 0 Å². The monoisotopic (exact) mass is 259 g/mol. The van der Waals surface area contributed by atoms with Gasteiger partial charge in [-0.1, -0.05) is 0 Å². The van der Waals surface area contributed by atoms with Crippen LogP contribution < -0.4 is 5.73 Å². The van der Waals surface area contributed by atoms with Crippen LogP contribution in [0.15, 0.2) is 18.5 Å². The van der Waals surface area contributed by atoms with Gasteiger partial charge in [0.1, 0.15) is 10.5 Å². The van der Waals surface area contributed by atoms with E-state index in [9.17, 15) is 0 Å². The summed E-state index contributed by atoms with van der Waals surface area (Å²) in [5.41, 5.74) is 8.73. The van der Waals surface area contributed by atoms with Crippen molar-refractivity contribution >= 4 is 28.4 Å². The zero-order valence-electron chi connectivity index (χ0n) is 10.2. The molecule has 0 aliphatic heterocycles. The van der Waals surface area contributed by atoms with Gasteiger partial charge in [0.25, 0.3) is 0 Å². The third-order valence-electron chi connectivity index (χ3n) is 2.83. The number of rotatable bonds is 2. The van der Waals surface area contributed by atoms with Gasteiger partial charge in [-0.05, 0) is 25.5 Å². The van der Waals surface area contributed by atoms with Gasteiger partial charge >= 0.3 is 0 Å². The number of hydrogen-bond donors (Lipinski definition) is 1. The number of nitrogens with two attached hydrogens (primary N) is 1. The summed E-state index contributed by atoms with van der Waals surface area (Å²) in [5, 5.41) is 1.02. The molecule has 2 N–H and O–H groups in total. The van der Waals surface area contributed by atoms with E-state index in [1.54, 1.807) is 17.5 Å². The summed E-state index contributed by atoms with van der Waals surface area (Å²) in [7, 11) is 0. The summed E-state index contributed by atoms with van der Waals surface area (Å²) in [6.45, 7) is 4.67. The fourth-order valence-electron chi connectivity index (χ4n) is 1.92. The first-order valence-corrected chi connectivity index (χ1v) is 6.45. The van der Waals surface area contributed by atoms with Crippen LogP contribution in [0.5, 0.6) is 0 Å². The third kappa shape index (κ3) is 1.74. The molecule has 0 atom stereocenters. The number of imidazole rings is 1. The van der Waals surface area contributed by atoms with E-state index in [0.29, 0.717) is 12.5 Å². The van der Waals surface area contributed by atoms with Gasteiger partial charge in [0.15, 0.2) is 5.65 Å². The maximum atomic E-state index is 5.97. The van der Waals surface area contributed by atoms with Crippen LogP contribution in [0, 0.1) is 13.8 Å². The van der Waals surface area contributed by atoms with E-state index in [2.05, 4.69) is 15.0 Å². The molecule has 3 aromatic heterocycles. The molecule has 0 radical (unpaired) electrons. The third-order valence-corrected chi connectivity index (χ3v) is 3.73. The molecule has 3 rings (SSSR count). The number of aryl methyl sites for hydroxylation is 2. The van der Waals surface area contributed by atoms with Crippen molar-refractivity contribution in [2.24, 2.45) is 0 Å². The number of thiazole rings is 1. The number of nitrogen functional groups attached to an aromatic ring is 1. The van der Waals surface area contributed by atoms with E-state index in [1.807, 2.05) is 30.7 Å². The largest absolute Gasteiger partial charge is 0.369 e. The maximum absolute atomic E-state index is 5.97. The molecule has 0 aliphatic rings. The van der Waals surface area contributed by atoms with Crippen LogP contribution in [0.4, 0.5) is 5.95 Å². The molecule has 0 fully saturated rings. The molecular formula is C12H13N5S. The lowest BCUT2D eigenvalue weighted by Crippen LogP contribution is -2.04. The summed E-state index contributed by atoms with van der Waals surface area (Å²) in [4.78, 5) is 14.3. The first-order chi connectivity index (χ1) is 8.65. The fraction of sp³-hybridized carbons (Fsp3) is 0.250. The quantitative estimate of drug-likeness (QED) is 0.765. The molecule has 3 heterocycles. The zero-order chi connectivity index (χ0) is 12.7. The van der Waals surface area contributed by atoms with Gasteiger partial charge in [-0.2, -0.15) is 0 Å². The predicted molar refractivity (Wildman–Crippen MR) is 72.6 cm³/mol. The summed E-state index contributed by atoms with van der Waals surface area (Å²) in [5.74, 6) is 0.486. The second-order valence-electron chi connectivity index (χ2n) is 4.22. The summed E-state index contributed by atoms with van der Waals surface area (Å²) < 4.78 is 1.90. The highest BCUT2D eigenvalue weighted by Crippen LogP contribution is 2.21. The summed E-state index contributed by atoms with van der Waals surface area (Å²) >= 11 is 1.66. The van der Waals surface area contributed by atoms with Gasteiger partial charge in [0.2, 0.25) is 5.95 Å². The van der Waals surface area contributed by atoms with Gasteiger partial charge in [0, 0.05) is 17.3 Å². The Morgan fingerprint density at radius 3 is 2.89 bits per heavy atom. The SMILES string of the molecule is Cc1cnc(Cn2c(N)nc3c(C)ccnc32)s1. The Labute approximate surface area is 108 Å². The molecule has 6 heteroatoms. The summed E-state index contributed by atoms with van der Waals surface area (Å²) in [6, 6.07) is 1.94. The van der Waals surface area contributed by atoms with Crippen LogP contribution in [0.3, 0.4) is 0 Å². The first-order valence-electron chi connectivity index (χ1n) is 5.64. The van der Waals surface area contributed by atoms with Crippen LogP contribution in [-0.4, -0.2) is 19.5 Å².